The summed E-state index contributed by atoms with van der Waals surface area (Å²) in [7, 11) is 0. The maximum Gasteiger partial charge on any atom is 0.0990 e. The number of hydrogen-bond acceptors (Lipinski definition) is 2. The van der Waals surface area contributed by atoms with E-state index < -0.39 is 5.60 Å². The largest absolute Gasteiger partial charge is 0.384 e. The Morgan fingerprint density at radius 2 is 2.29 bits per heavy atom. The minimum atomic E-state index is -0.517. The molecule has 78 valence electrons. The minimum absolute atomic E-state index is 0.517. The van der Waals surface area contributed by atoms with Crippen LogP contribution < -0.4 is 0 Å². The van der Waals surface area contributed by atoms with Crippen molar-refractivity contribution in [3.63, 3.8) is 0 Å². The molecule has 1 aliphatic rings. The van der Waals surface area contributed by atoms with E-state index in [9.17, 15) is 5.11 Å². The molecule has 1 aliphatic carbocycles. The van der Waals surface area contributed by atoms with Crippen LogP contribution in [0, 0.1) is 12.8 Å². The number of rotatable bonds is 1. The van der Waals surface area contributed by atoms with Gasteiger partial charge in [0.05, 0.1) is 5.60 Å². The highest BCUT2D eigenvalue weighted by Gasteiger charge is 2.35. The van der Waals surface area contributed by atoms with Gasteiger partial charge in [-0.1, -0.05) is 13.3 Å². The zero-order valence-electron chi connectivity index (χ0n) is 8.92. The molecule has 1 fully saturated rings. The van der Waals surface area contributed by atoms with Gasteiger partial charge in [-0.05, 0) is 44.2 Å². The lowest BCUT2D eigenvalue weighted by Crippen LogP contribution is -2.30. The van der Waals surface area contributed by atoms with Crippen LogP contribution in [0.3, 0.4) is 0 Å². The first-order chi connectivity index (χ1) is 6.60. The smallest absolute Gasteiger partial charge is 0.0990 e. The molecule has 1 heterocycles. The molecular weight excluding hydrogens is 192 g/mol. The van der Waals surface area contributed by atoms with Crippen molar-refractivity contribution in [2.75, 3.05) is 0 Å². The predicted molar refractivity (Wildman–Crippen MR) is 60.6 cm³/mol. The summed E-state index contributed by atoms with van der Waals surface area (Å²) in [6.07, 6.45) is 4.31. The van der Waals surface area contributed by atoms with Crippen molar-refractivity contribution in [1.82, 2.24) is 0 Å². The number of aliphatic hydroxyl groups is 1. The summed E-state index contributed by atoms with van der Waals surface area (Å²) in [6, 6.07) is 4.20. The van der Waals surface area contributed by atoms with Crippen molar-refractivity contribution in [3.05, 3.63) is 21.9 Å². The van der Waals surface area contributed by atoms with Crippen LogP contribution >= 0.6 is 11.3 Å². The molecule has 0 amide bonds. The van der Waals surface area contributed by atoms with Gasteiger partial charge in [-0.2, -0.15) is 0 Å². The Morgan fingerprint density at radius 1 is 1.50 bits per heavy atom. The monoisotopic (exact) mass is 210 g/mol. The molecule has 1 N–H and O–H groups in total. The van der Waals surface area contributed by atoms with E-state index >= 15 is 0 Å². The predicted octanol–water partition coefficient (Wildman–Crippen LogP) is 3.45. The maximum absolute atomic E-state index is 10.5. The fourth-order valence-corrected chi connectivity index (χ4v) is 3.43. The quantitative estimate of drug-likeness (QED) is 0.752. The first-order valence-electron chi connectivity index (χ1n) is 5.39. The number of aryl methyl sites for hydroxylation is 1. The zero-order valence-corrected chi connectivity index (χ0v) is 9.73. The van der Waals surface area contributed by atoms with E-state index in [0.29, 0.717) is 5.92 Å². The second-order valence-electron chi connectivity index (χ2n) is 4.64. The van der Waals surface area contributed by atoms with E-state index in [1.165, 1.54) is 16.2 Å². The second kappa shape index (κ2) is 3.67. The Bertz CT molecular complexity index is 318. The molecule has 14 heavy (non-hydrogen) atoms. The molecule has 2 heteroatoms. The van der Waals surface area contributed by atoms with Crippen molar-refractivity contribution >= 4 is 11.3 Å². The van der Waals surface area contributed by atoms with Crippen molar-refractivity contribution in [2.24, 2.45) is 5.92 Å². The summed E-state index contributed by atoms with van der Waals surface area (Å²) in [4.78, 5) is 2.47. The van der Waals surface area contributed by atoms with Crippen LogP contribution in [-0.2, 0) is 5.60 Å². The third-order valence-electron chi connectivity index (χ3n) is 3.17. The zero-order chi connectivity index (χ0) is 10.2. The second-order valence-corrected chi connectivity index (χ2v) is 5.93. The van der Waals surface area contributed by atoms with Gasteiger partial charge in [0.1, 0.15) is 0 Å². The molecule has 2 atom stereocenters. The first-order valence-corrected chi connectivity index (χ1v) is 6.21. The van der Waals surface area contributed by atoms with Crippen molar-refractivity contribution in [1.29, 1.82) is 0 Å². The van der Waals surface area contributed by atoms with Gasteiger partial charge in [0.25, 0.3) is 0 Å². The lowest BCUT2D eigenvalue weighted by molar-refractivity contribution is -0.0146. The lowest BCUT2D eigenvalue weighted by atomic mass is 9.78. The standard InChI is InChI=1S/C12H18OS/c1-9-4-3-7-12(13,8-9)11-6-5-10(2)14-11/h5-6,9,13H,3-4,7-8H2,1-2H3. The third-order valence-corrected chi connectivity index (χ3v) is 4.37. The Morgan fingerprint density at radius 3 is 2.86 bits per heavy atom. The average Bonchev–Trinajstić information content (AvgIpc) is 2.52. The fourth-order valence-electron chi connectivity index (χ4n) is 2.43. The van der Waals surface area contributed by atoms with Crippen LogP contribution in [0.5, 0.6) is 0 Å². The normalized spacial score (nSPS) is 33.2. The van der Waals surface area contributed by atoms with E-state index in [0.717, 1.165) is 19.3 Å². The molecule has 1 saturated carbocycles. The van der Waals surface area contributed by atoms with E-state index in [-0.39, 0.29) is 0 Å². The summed E-state index contributed by atoms with van der Waals surface area (Å²) >= 11 is 1.75. The topological polar surface area (TPSA) is 20.2 Å². The molecular formula is C12H18OS. The van der Waals surface area contributed by atoms with Gasteiger partial charge in [-0.25, -0.2) is 0 Å². The fraction of sp³-hybridized carbons (Fsp3) is 0.667. The summed E-state index contributed by atoms with van der Waals surface area (Å²) in [5, 5.41) is 10.5. The van der Waals surface area contributed by atoms with Crippen molar-refractivity contribution in [2.45, 2.75) is 45.1 Å². The highest BCUT2D eigenvalue weighted by atomic mass is 32.1. The lowest BCUT2D eigenvalue weighted by Gasteiger charge is -2.34. The van der Waals surface area contributed by atoms with E-state index in [4.69, 9.17) is 0 Å². The Kier molecular flexibility index (Phi) is 2.67. The van der Waals surface area contributed by atoms with Gasteiger partial charge in [0, 0.05) is 9.75 Å². The highest BCUT2D eigenvalue weighted by Crippen LogP contribution is 2.42. The van der Waals surface area contributed by atoms with Gasteiger partial charge in [-0.15, -0.1) is 11.3 Å². The number of hydrogen-bond donors (Lipinski definition) is 1. The van der Waals surface area contributed by atoms with Crippen LogP contribution in [-0.4, -0.2) is 5.11 Å². The molecule has 0 aromatic carbocycles. The van der Waals surface area contributed by atoms with Gasteiger partial charge in [0.15, 0.2) is 0 Å². The molecule has 2 unspecified atom stereocenters. The van der Waals surface area contributed by atoms with Crippen molar-refractivity contribution in [3.8, 4) is 0 Å². The number of thiophene rings is 1. The average molecular weight is 210 g/mol. The van der Waals surface area contributed by atoms with Gasteiger partial charge in [-0.3, -0.25) is 0 Å². The third kappa shape index (κ3) is 1.86. The summed E-state index contributed by atoms with van der Waals surface area (Å²) in [5.41, 5.74) is -0.517. The molecule has 0 aliphatic heterocycles. The van der Waals surface area contributed by atoms with Crippen LogP contribution in [0.4, 0.5) is 0 Å². The Balaban J connectivity index is 2.22. The van der Waals surface area contributed by atoms with Crippen molar-refractivity contribution < 1.29 is 5.11 Å². The Labute approximate surface area is 89.8 Å². The summed E-state index contributed by atoms with van der Waals surface area (Å²) in [5.74, 6) is 0.663. The molecule has 0 saturated heterocycles. The van der Waals surface area contributed by atoms with Crippen LogP contribution in [0.2, 0.25) is 0 Å². The molecule has 0 bridgehead atoms. The SMILES string of the molecule is Cc1ccc(C2(O)CCCC(C)C2)s1. The van der Waals surface area contributed by atoms with E-state index in [1.54, 1.807) is 11.3 Å². The molecule has 1 nitrogen and oxygen atoms in total. The minimum Gasteiger partial charge on any atom is -0.384 e. The van der Waals surface area contributed by atoms with E-state index in [2.05, 4.69) is 26.0 Å². The first kappa shape index (κ1) is 10.2. The maximum atomic E-state index is 10.5. The molecule has 1 aromatic heterocycles. The molecule has 1 aromatic rings. The van der Waals surface area contributed by atoms with Gasteiger partial charge in [0.2, 0.25) is 0 Å². The highest BCUT2D eigenvalue weighted by molar-refractivity contribution is 7.12. The summed E-state index contributed by atoms with van der Waals surface area (Å²) in [6.45, 7) is 4.34. The molecule has 0 spiro atoms. The van der Waals surface area contributed by atoms with Crippen LogP contribution in [0.15, 0.2) is 12.1 Å². The summed E-state index contributed by atoms with van der Waals surface area (Å²) < 4.78 is 0. The Hall–Kier alpha value is -0.340. The molecule has 2 rings (SSSR count). The van der Waals surface area contributed by atoms with Gasteiger partial charge >= 0.3 is 0 Å². The van der Waals surface area contributed by atoms with E-state index in [1.807, 2.05) is 0 Å². The van der Waals surface area contributed by atoms with Crippen LogP contribution in [0.1, 0.15) is 42.4 Å². The molecule has 0 radical (unpaired) electrons. The van der Waals surface area contributed by atoms with Crippen LogP contribution in [0.25, 0.3) is 0 Å². The van der Waals surface area contributed by atoms with Gasteiger partial charge < -0.3 is 5.11 Å².